The van der Waals surface area contributed by atoms with Gasteiger partial charge in [-0.3, -0.25) is 0 Å². The molecule has 0 atom stereocenters. The van der Waals surface area contributed by atoms with E-state index in [4.69, 9.17) is 0 Å². The van der Waals surface area contributed by atoms with E-state index in [0.29, 0.717) is 0 Å². The van der Waals surface area contributed by atoms with E-state index in [2.05, 4.69) is 118 Å². The minimum atomic E-state index is 0. The molecule has 0 amide bonds. The molecule has 0 N–H and O–H groups in total. The van der Waals surface area contributed by atoms with E-state index in [1.165, 1.54) is 65.7 Å². The number of hydrogen-bond donors (Lipinski definition) is 0. The van der Waals surface area contributed by atoms with E-state index < -0.39 is 0 Å². The molecule has 5 rings (SSSR count). The molecule has 0 aliphatic heterocycles. The Bertz CT molecular complexity index is 1130. The number of benzene rings is 3. The molecule has 0 aliphatic carbocycles. The van der Waals surface area contributed by atoms with Crippen molar-refractivity contribution < 1.29 is 49.0 Å². The number of halogens is 2. The summed E-state index contributed by atoms with van der Waals surface area (Å²) in [6.45, 7) is 6.44. The summed E-state index contributed by atoms with van der Waals surface area (Å²) < 4.78 is 1.46. The van der Waals surface area contributed by atoms with Gasteiger partial charge < -0.3 is 24.8 Å². The van der Waals surface area contributed by atoms with Gasteiger partial charge in [-0.1, -0.05) is 26.0 Å². The summed E-state index contributed by atoms with van der Waals surface area (Å²) in [5.41, 5.74) is 4.11. The van der Waals surface area contributed by atoms with Crippen LogP contribution in [0, 0.1) is 13.8 Å². The third kappa shape index (κ3) is 7.69. The normalized spacial score (nSPS) is 9.45. The van der Waals surface area contributed by atoms with Gasteiger partial charge in [0.1, 0.15) is 0 Å². The minimum Gasteiger partial charge on any atom is -1.00 e. The van der Waals surface area contributed by atoms with Gasteiger partial charge in [0.15, 0.2) is 0 Å². The minimum absolute atomic E-state index is 0. The molecule has 0 bridgehead atoms. The first-order valence-electron chi connectivity index (χ1n) is 9.89. The van der Waals surface area contributed by atoms with Crippen LogP contribution in [0.4, 0.5) is 0 Å². The molecule has 3 heteroatoms. The predicted octanol–water partition coefficient (Wildman–Crippen LogP) is 1.52. The molecule has 0 unspecified atom stereocenters. The first kappa shape index (κ1) is 27.2. The molecule has 0 spiro atoms. The van der Waals surface area contributed by atoms with Crippen LogP contribution in [-0.4, -0.2) is 3.21 Å². The summed E-state index contributed by atoms with van der Waals surface area (Å²) in [4.78, 5) is 0. The van der Waals surface area contributed by atoms with Crippen LogP contribution in [-0.2, 0) is 24.2 Å². The SMILES string of the molecule is C[C](=[Zr+2])c1ccccc1.C[c-]1ccc2ccccc21.C[c-]1ccc2ccccc21.[Cl-].[Cl-]. The fraction of sp³-hybridized carbons (Fsp3) is 0.107. The summed E-state index contributed by atoms with van der Waals surface area (Å²) in [6.07, 6.45) is 0. The van der Waals surface area contributed by atoms with Crippen molar-refractivity contribution in [2.24, 2.45) is 0 Å². The molecule has 31 heavy (non-hydrogen) atoms. The number of aryl methyl sites for hydroxylation is 2. The maximum Gasteiger partial charge on any atom is -0.0748 e. The van der Waals surface area contributed by atoms with Crippen molar-refractivity contribution in [2.45, 2.75) is 20.8 Å². The quantitative estimate of drug-likeness (QED) is 0.292. The topological polar surface area (TPSA) is 0 Å². The molecule has 0 radical (unpaired) electrons. The van der Waals surface area contributed by atoms with Crippen molar-refractivity contribution in [1.29, 1.82) is 0 Å². The van der Waals surface area contributed by atoms with Gasteiger partial charge in [-0.2, -0.15) is 24.3 Å². The van der Waals surface area contributed by atoms with E-state index in [1.54, 1.807) is 0 Å². The van der Waals surface area contributed by atoms with E-state index in [0.717, 1.165) is 0 Å². The Kier molecular flexibility index (Phi) is 11.9. The molecule has 0 aliphatic rings. The third-order valence-electron chi connectivity index (χ3n) is 5.00. The van der Waals surface area contributed by atoms with Gasteiger partial charge in [0.2, 0.25) is 0 Å². The molecule has 5 aromatic rings. The van der Waals surface area contributed by atoms with Crippen LogP contribution in [0.1, 0.15) is 23.6 Å². The number of fused-ring (bicyclic) bond motifs is 2. The average Bonchev–Trinajstić information content (AvgIpc) is 3.33. The van der Waals surface area contributed by atoms with Gasteiger partial charge in [0.05, 0.1) is 0 Å². The zero-order valence-electron chi connectivity index (χ0n) is 18.1. The number of rotatable bonds is 1. The van der Waals surface area contributed by atoms with Crippen LogP contribution in [0.2, 0.25) is 0 Å². The summed E-state index contributed by atoms with van der Waals surface area (Å²) in [5.74, 6) is 0. The summed E-state index contributed by atoms with van der Waals surface area (Å²) >= 11 is 1.51. The monoisotopic (exact) mass is 522 g/mol. The van der Waals surface area contributed by atoms with Crippen molar-refractivity contribution in [3.63, 3.8) is 0 Å². The Morgan fingerprint density at radius 3 is 1.32 bits per heavy atom. The molecule has 158 valence electrons. The van der Waals surface area contributed by atoms with Crippen molar-refractivity contribution in [3.8, 4) is 0 Å². The fourth-order valence-corrected chi connectivity index (χ4v) is 3.71. The molecule has 0 nitrogen and oxygen atoms in total. The van der Waals surface area contributed by atoms with Crippen LogP contribution < -0.4 is 24.8 Å². The largest absolute Gasteiger partial charge is 1.00 e. The van der Waals surface area contributed by atoms with E-state index in [-0.39, 0.29) is 24.8 Å². The van der Waals surface area contributed by atoms with Gasteiger partial charge in [-0.25, -0.2) is 0 Å². The van der Waals surface area contributed by atoms with Crippen molar-refractivity contribution in [3.05, 3.63) is 120 Å². The Labute approximate surface area is 213 Å². The number of hydrogen-bond acceptors (Lipinski definition) is 0. The van der Waals surface area contributed by atoms with Crippen LogP contribution in [0.5, 0.6) is 0 Å². The molecule has 5 aromatic carbocycles. The summed E-state index contributed by atoms with van der Waals surface area (Å²) in [5, 5.41) is 5.45. The molecule has 0 saturated heterocycles. The van der Waals surface area contributed by atoms with Crippen LogP contribution in [0.25, 0.3) is 21.5 Å². The average molecular weight is 525 g/mol. The van der Waals surface area contributed by atoms with Crippen molar-refractivity contribution >= 4 is 24.8 Å². The van der Waals surface area contributed by atoms with Gasteiger partial charge in [0, 0.05) is 0 Å². The van der Waals surface area contributed by atoms with Gasteiger partial charge in [0.25, 0.3) is 0 Å². The Morgan fingerprint density at radius 1 is 0.581 bits per heavy atom. The Morgan fingerprint density at radius 2 is 0.968 bits per heavy atom. The fourth-order valence-electron chi connectivity index (χ4n) is 3.30. The van der Waals surface area contributed by atoms with E-state index >= 15 is 0 Å². The van der Waals surface area contributed by atoms with Crippen LogP contribution >= 0.6 is 0 Å². The second-order valence-electron chi connectivity index (χ2n) is 7.20. The van der Waals surface area contributed by atoms with Gasteiger partial charge >= 0.3 is 70.3 Å². The second-order valence-corrected chi connectivity index (χ2v) is 9.04. The molecule has 0 saturated carbocycles. The summed E-state index contributed by atoms with van der Waals surface area (Å²) in [7, 11) is 0. The standard InChI is InChI=1S/2C10H9.C8H8.2ClH.Zr/c2*1-8-6-7-9-4-2-3-5-10(8)9;1-2-8-6-4-3-5-7-8;;;/h2*2-7H,1H3;3-7H,1H3;2*1H;/q2*-1;;;;+2/p-2. The summed E-state index contributed by atoms with van der Waals surface area (Å²) in [6, 6.07) is 36.0. The first-order valence-corrected chi connectivity index (χ1v) is 11.1. The van der Waals surface area contributed by atoms with Crippen LogP contribution in [0.15, 0.2) is 103 Å². The maximum absolute atomic E-state index is 2.16. The zero-order valence-corrected chi connectivity index (χ0v) is 22.0. The molecular formula is C28H26Cl2Zr-2. The first-order chi connectivity index (χ1) is 14.1. The molecule has 0 fully saturated rings. The van der Waals surface area contributed by atoms with Gasteiger partial charge in [-0.05, 0) is 0 Å². The van der Waals surface area contributed by atoms with Crippen LogP contribution in [0.3, 0.4) is 0 Å². The second kappa shape index (κ2) is 13.6. The smallest absolute Gasteiger partial charge is 0.0748 e. The molecule has 0 aromatic heterocycles. The molecule has 0 heterocycles. The molecular weight excluding hydrogens is 498 g/mol. The third-order valence-corrected chi connectivity index (χ3v) is 5.71. The zero-order chi connectivity index (χ0) is 20.6. The van der Waals surface area contributed by atoms with E-state index in [1.807, 2.05) is 6.07 Å². The van der Waals surface area contributed by atoms with E-state index in [9.17, 15) is 0 Å². The van der Waals surface area contributed by atoms with Crippen molar-refractivity contribution in [2.75, 3.05) is 0 Å². The van der Waals surface area contributed by atoms with Crippen molar-refractivity contribution in [1.82, 2.24) is 0 Å². The Hall–Kier alpha value is -1.79. The predicted molar refractivity (Wildman–Crippen MR) is 125 cm³/mol. The maximum atomic E-state index is 2.16. The Balaban J connectivity index is 0.000000226. The van der Waals surface area contributed by atoms with Gasteiger partial charge in [-0.15, -0.1) is 69.1 Å².